The first-order valence-electron chi connectivity index (χ1n) is 2.44. The fourth-order valence-electron chi connectivity index (χ4n) is 0.525. The Morgan fingerprint density at radius 2 is 2.00 bits per heavy atom. The molecule has 0 spiro atoms. The van der Waals surface area contributed by atoms with E-state index < -0.39 is 0 Å². The summed E-state index contributed by atoms with van der Waals surface area (Å²) in [4.78, 5) is 0.763. The van der Waals surface area contributed by atoms with Gasteiger partial charge in [-0.15, -0.1) is 12.6 Å². The van der Waals surface area contributed by atoms with Crippen molar-refractivity contribution in [2.24, 2.45) is 0 Å². The van der Waals surface area contributed by atoms with E-state index in [4.69, 9.17) is 17.3 Å². The molecule has 0 aliphatic carbocycles. The van der Waals surface area contributed by atoms with Crippen LogP contribution in [0.4, 0.5) is 5.69 Å². The average Bonchev–Trinajstić information content (AvgIpc) is 1.80. The maximum atomic E-state index is 5.60. The second-order valence-corrected chi connectivity index (χ2v) is 2.62. The van der Waals surface area contributed by atoms with Crippen LogP contribution in [0.25, 0.3) is 0 Å². The summed E-state index contributed by atoms with van der Waals surface area (Å²) in [6, 6.07) is 5.19. The molecule has 2 N–H and O–H groups in total. The molecule has 0 unspecified atom stereocenters. The van der Waals surface area contributed by atoms with Crippen LogP contribution in [0, 0.1) is 0 Å². The topological polar surface area (TPSA) is 26.0 Å². The third-order valence-corrected chi connectivity index (χ3v) is 1.63. The number of hydrogen-bond donors (Lipinski definition) is 2. The number of nitrogen functional groups attached to an aromatic ring is 1. The van der Waals surface area contributed by atoms with Gasteiger partial charge in [0.25, 0.3) is 0 Å². The standard InChI is InChI=1S/C6H6ClNS.K/c7-4-1-2-6(9)5(8)3-4;/h1-3,9H,8H2;. The average molecular weight is 199 g/mol. The number of benzene rings is 1. The summed E-state index contributed by atoms with van der Waals surface area (Å²) in [5, 5.41) is 0.644. The summed E-state index contributed by atoms with van der Waals surface area (Å²) in [7, 11) is 0. The van der Waals surface area contributed by atoms with Gasteiger partial charge >= 0.3 is 0 Å². The van der Waals surface area contributed by atoms with Crippen molar-refractivity contribution in [2.45, 2.75) is 4.90 Å². The molecule has 0 fully saturated rings. The van der Waals surface area contributed by atoms with Crippen molar-refractivity contribution in [3.05, 3.63) is 23.2 Å². The fraction of sp³-hybridized carbons (Fsp3) is 0. The van der Waals surface area contributed by atoms with Gasteiger partial charge in [-0.3, -0.25) is 0 Å². The molecule has 0 heterocycles. The van der Waals surface area contributed by atoms with E-state index in [1.807, 2.05) is 0 Å². The summed E-state index contributed by atoms with van der Waals surface area (Å²) in [5.74, 6) is 0. The van der Waals surface area contributed by atoms with Gasteiger partial charge in [0.05, 0.1) is 0 Å². The smallest absolute Gasteiger partial charge is 0.0464 e. The van der Waals surface area contributed by atoms with E-state index in [1.54, 1.807) is 18.2 Å². The number of nitrogens with two attached hydrogens (primary N) is 1. The van der Waals surface area contributed by atoms with E-state index in [0.717, 1.165) is 4.90 Å². The van der Waals surface area contributed by atoms with Crippen LogP contribution < -0.4 is 5.73 Å². The fourth-order valence-corrected chi connectivity index (χ4v) is 0.845. The number of anilines is 1. The van der Waals surface area contributed by atoms with Crippen LogP contribution in [0.1, 0.15) is 0 Å². The molecule has 0 saturated carbocycles. The second-order valence-electron chi connectivity index (χ2n) is 1.70. The third kappa shape index (κ3) is 3.13. The van der Waals surface area contributed by atoms with Gasteiger partial charge in [0, 0.05) is 67.0 Å². The maximum Gasteiger partial charge on any atom is 0.0464 e. The molecule has 0 saturated heterocycles. The first-order chi connectivity index (χ1) is 4.20. The minimum Gasteiger partial charge on any atom is -0.398 e. The Labute approximate surface area is 113 Å². The number of halogens is 1. The molecule has 0 amide bonds. The van der Waals surface area contributed by atoms with Crippen LogP contribution in [0.3, 0.4) is 0 Å². The SMILES string of the molecule is Nc1cc(Cl)ccc1S.[K]. The van der Waals surface area contributed by atoms with Crippen LogP contribution in [0.15, 0.2) is 23.1 Å². The molecule has 0 aliphatic heterocycles. The quantitative estimate of drug-likeness (QED) is 0.371. The van der Waals surface area contributed by atoms with Gasteiger partial charge in [-0.1, -0.05) is 11.6 Å². The van der Waals surface area contributed by atoms with Gasteiger partial charge in [0.2, 0.25) is 0 Å². The molecule has 49 valence electrons. The summed E-state index contributed by atoms with van der Waals surface area (Å²) in [6.45, 7) is 0. The number of hydrogen-bond acceptors (Lipinski definition) is 2. The normalized spacial score (nSPS) is 8.60. The van der Waals surface area contributed by atoms with Crippen molar-refractivity contribution in [1.82, 2.24) is 0 Å². The van der Waals surface area contributed by atoms with E-state index >= 15 is 0 Å². The first kappa shape index (κ1) is 11.3. The second kappa shape index (κ2) is 5.03. The molecule has 0 atom stereocenters. The van der Waals surface area contributed by atoms with E-state index in [2.05, 4.69) is 12.6 Å². The third-order valence-electron chi connectivity index (χ3n) is 0.990. The van der Waals surface area contributed by atoms with Crippen LogP contribution in [-0.2, 0) is 0 Å². The van der Waals surface area contributed by atoms with Gasteiger partial charge in [-0.2, -0.15) is 0 Å². The van der Waals surface area contributed by atoms with Gasteiger partial charge in [0.15, 0.2) is 0 Å². The van der Waals surface area contributed by atoms with Crippen molar-refractivity contribution in [2.75, 3.05) is 5.73 Å². The molecular weight excluding hydrogens is 193 g/mol. The van der Waals surface area contributed by atoms with Gasteiger partial charge in [-0.05, 0) is 18.2 Å². The zero-order valence-corrected chi connectivity index (χ0v) is 10.4. The first-order valence-corrected chi connectivity index (χ1v) is 3.26. The predicted octanol–water partition coefficient (Wildman–Crippen LogP) is 1.83. The van der Waals surface area contributed by atoms with Gasteiger partial charge in [-0.25, -0.2) is 0 Å². The molecule has 4 heteroatoms. The van der Waals surface area contributed by atoms with Gasteiger partial charge < -0.3 is 5.73 Å². The largest absolute Gasteiger partial charge is 0.398 e. The molecule has 1 nitrogen and oxygen atoms in total. The Morgan fingerprint density at radius 3 is 2.40 bits per heavy atom. The van der Waals surface area contributed by atoms with Crippen molar-refractivity contribution in [3.63, 3.8) is 0 Å². The number of rotatable bonds is 0. The zero-order chi connectivity index (χ0) is 6.85. The van der Waals surface area contributed by atoms with Crippen LogP contribution in [0.2, 0.25) is 5.02 Å². The van der Waals surface area contributed by atoms with Crippen LogP contribution >= 0.6 is 24.2 Å². The van der Waals surface area contributed by atoms with Gasteiger partial charge in [0.1, 0.15) is 0 Å². The Morgan fingerprint density at radius 1 is 1.40 bits per heavy atom. The van der Waals surface area contributed by atoms with E-state index in [1.165, 1.54) is 0 Å². The van der Waals surface area contributed by atoms with Crippen molar-refractivity contribution < 1.29 is 0 Å². The molecule has 1 rings (SSSR count). The van der Waals surface area contributed by atoms with E-state index in [0.29, 0.717) is 10.7 Å². The Bertz CT molecular complexity index is 229. The molecule has 1 radical (unpaired) electrons. The zero-order valence-electron chi connectivity index (χ0n) is 5.63. The summed E-state index contributed by atoms with van der Waals surface area (Å²) in [5.41, 5.74) is 6.08. The minimum absolute atomic E-state index is 0. The van der Waals surface area contributed by atoms with Crippen molar-refractivity contribution in [1.29, 1.82) is 0 Å². The summed E-state index contributed by atoms with van der Waals surface area (Å²) >= 11 is 9.66. The Balaban J connectivity index is 0.000000810. The van der Waals surface area contributed by atoms with Crippen LogP contribution in [0.5, 0.6) is 0 Å². The minimum atomic E-state index is 0. The molecule has 0 aliphatic rings. The van der Waals surface area contributed by atoms with Crippen LogP contribution in [-0.4, -0.2) is 51.4 Å². The molecule has 0 aromatic heterocycles. The molecule has 1 aromatic carbocycles. The van der Waals surface area contributed by atoms with E-state index in [-0.39, 0.29) is 51.4 Å². The van der Waals surface area contributed by atoms with E-state index in [9.17, 15) is 0 Å². The Kier molecular flexibility index (Phi) is 5.69. The van der Waals surface area contributed by atoms with Crippen molar-refractivity contribution >= 4 is 81.3 Å². The summed E-state index contributed by atoms with van der Waals surface area (Å²) in [6.07, 6.45) is 0. The Hall–Kier alpha value is 1.30. The number of thiol groups is 1. The molecule has 10 heavy (non-hydrogen) atoms. The molecule has 0 bridgehead atoms. The van der Waals surface area contributed by atoms with Crippen molar-refractivity contribution in [3.8, 4) is 0 Å². The maximum absolute atomic E-state index is 5.60. The monoisotopic (exact) mass is 198 g/mol. The molecular formula is C6H6ClKNS. The summed E-state index contributed by atoms with van der Waals surface area (Å²) < 4.78 is 0. The molecule has 1 aromatic rings. The predicted molar refractivity (Wildman–Crippen MR) is 48.9 cm³/mol.